The second-order valence-corrected chi connectivity index (χ2v) is 5.13. The topological polar surface area (TPSA) is 38.9 Å². The minimum Gasteiger partial charge on any atom is -0.330 e. The molecule has 0 amide bonds. The van der Waals surface area contributed by atoms with Crippen molar-refractivity contribution in [2.75, 3.05) is 6.54 Å². The molecule has 0 saturated heterocycles. The van der Waals surface area contributed by atoms with Crippen molar-refractivity contribution in [2.45, 2.75) is 18.5 Å². The molecule has 1 heterocycles. The van der Waals surface area contributed by atoms with E-state index in [1.165, 1.54) is 23.5 Å². The smallest absolute Gasteiger partial charge is 0.330 e. The van der Waals surface area contributed by atoms with E-state index >= 15 is 0 Å². The highest BCUT2D eigenvalue weighted by Crippen LogP contribution is 2.30. The quantitative estimate of drug-likeness (QED) is 0.935. The van der Waals surface area contributed by atoms with E-state index in [0.717, 1.165) is 11.1 Å². The molecule has 1 unspecified atom stereocenters. The first-order valence-corrected chi connectivity index (χ1v) is 6.64. The molecule has 2 rings (SSSR count). The number of nitrogens with two attached hydrogens (primary N) is 1. The molecule has 0 radical (unpaired) electrons. The van der Waals surface area contributed by atoms with Crippen LogP contribution in [0.1, 0.15) is 22.1 Å². The van der Waals surface area contributed by atoms with E-state index in [1.54, 1.807) is 12.3 Å². The van der Waals surface area contributed by atoms with E-state index in [9.17, 15) is 13.2 Å². The summed E-state index contributed by atoms with van der Waals surface area (Å²) in [4.78, 5) is 4.17. The minimum atomic E-state index is -4.31. The number of alkyl halides is 3. The first-order chi connectivity index (χ1) is 9.00. The van der Waals surface area contributed by atoms with Gasteiger partial charge >= 0.3 is 6.18 Å². The van der Waals surface area contributed by atoms with Gasteiger partial charge in [-0.25, -0.2) is 4.98 Å². The fourth-order valence-corrected chi connectivity index (χ4v) is 2.62. The largest absolute Gasteiger partial charge is 0.416 e. The van der Waals surface area contributed by atoms with Crippen molar-refractivity contribution in [1.82, 2.24) is 4.98 Å². The van der Waals surface area contributed by atoms with Crippen molar-refractivity contribution >= 4 is 11.3 Å². The van der Waals surface area contributed by atoms with Crippen molar-refractivity contribution < 1.29 is 13.2 Å². The third kappa shape index (κ3) is 3.54. The first kappa shape index (κ1) is 14.0. The van der Waals surface area contributed by atoms with Gasteiger partial charge in [0.25, 0.3) is 0 Å². The Bertz CT molecular complexity index is 523. The van der Waals surface area contributed by atoms with E-state index in [0.29, 0.717) is 18.5 Å². The lowest BCUT2D eigenvalue weighted by molar-refractivity contribution is -0.137. The zero-order valence-electron chi connectivity index (χ0n) is 10.0. The molecule has 1 aromatic carbocycles. The van der Waals surface area contributed by atoms with Crippen LogP contribution >= 0.6 is 11.3 Å². The second-order valence-electron chi connectivity index (χ2n) is 4.21. The molecule has 2 aromatic rings. The molecular weight excluding hydrogens is 273 g/mol. The number of benzene rings is 1. The van der Waals surface area contributed by atoms with E-state index in [-0.39, 0.29) is 5.92 Å². The average Bonchev–Trinajstić information content (AvgIpc) is 2.89. The summed E-state index contributed by atoms with van der Waals surface area (Å²) in [5.74, 6) is -0.0384. The first-order valence-electron chi connectivity index (χ1n) is 5.76. The Balaban J connectivity index is 2.19. The van der Waals surface area contributed by atoms with E-state index in [1.807, 2.05) is 5.38 Å². The van der Waals surface area contributed by atoms with Crippen LogP contribution in [0.4, 0.5) is 13.2 Å². The van der Waals surface area contributed by atoms with Crippen LogP contribution in [-0.2, 0) is 12.6 Å². The van der Waals surface area contributed by atoms with Gasteiger partial charge in [-0.05, 0) is 18.1 Å². The third-order valence-corrected chi connectivity index (χ3v) is 3.76. The van der Waals surface area contributed by atoms with Crippen LogP contribution in [0.5, 0.6) is 0 Å². The molecule has 2 nitrogen and oxygen atoms in total. The predicted molar refractivity (Wildman–Crippen MR) is 69.1 cm³/mol. The second kappa shape index (κ2) is 5.71. The van der Waals surface area contributed by atoms with Crippen LogP contribution in [0.15, 0.2) is 35.8 Å². The lowest BCUT2D eigenvalue weighted by Crippen LogP contribution is -2.15. The lowest BCUT2D eigenvalue weighted by atomic mass is 9.98. The fraction of sp³-hybridized carbons (Fsp3) is 0.308. The molecule has 0 spiro atoms. The SMILES string of the molecule is NCC(Cc1cccc(C(F)(F)F)c1)c1nccs1. The maximum atomic E-state index is 12.6. The van der Waals surface area contributed by atoms with Gasteiger partial charge < -0.3 is 5.73 Å². The Hall–Kier alpha value is -1.40. The lowest BCUT2D eigenvalue weighted by Gasteiger charge is -2.13. The molecule has 1 atom stereocenters. The van der Waals surface area contributed by atoms with Crippen LogP contribution in [0.2, 0.25) is 0 Å². The van der Waals surface area contributed by atoms with Crippen LogP contribution in [0.3, 0.4) is 0 Å². The summed E-state index contributed by atoms with van der Waals surface area (Å²) in [5, 5.41) is 2.70. The van der Waals surface area contributed by atoms with Gasteiger partial charge in [0.05, 0.1) is 10.6 Å². The van der Waals surface area contributed by atoms with Crippen molar-refractivity contribution in [2.24, 2.45) is 5.73 Å². The molecule has 1 aromatic heterocycles. The summed E-state index contributed by atoms with van der Waals surface area (Å²) >= 11 is 1.47. The Morgan fingerprint density at radius 2 is 2.11 bits per heavy atom. The zero-order chi connectivity index (χ0) is 13.9. The summed E-state index contributed by atoms with van der Waals surface area (Å²) in [6.07, 6.45) is -2.17. The summed E-state index contributed by atoms with van der Waals surface area (Å²) < 4.78 is 37.9. The van der Waals surface area contributed by atoms with E-state index in [2.05, 4.69) is 4.98 Å². The van der Waals surface area contributed by atoms with Crippen LogP contribution in [0, 0.1) is 0 Å². The normalized spacial score (nSPS) is 13.5. The fourth-order valence-electron chi connectivity index (χ4n) is 1.87. The number of rotatable bonds is 4. The Morgan fingerprint density at radius 1 is 1.32 bits per heavy atom. The summed E-state index contributed by atoms with van der Waals surface area (Å²) in [6, 6.07) is 5.36. The van der Waals surface area contributed by atoms with Gasteiger partial charge in [-0.2, -0.15) is 13.2 Å². The molecule has 102 valence electrons. The summed E-state index contributed by atoms with van der Waals surface area (Å²) in [7, 11) is 0. The molecule has 0 saturated carbocycles. The molecule has 0 fully saturated rings. The standard InChI is InChI=1S/C13H13F3N2S/c14-13(15,16)11-3-1-2-9(7-11)6-10(8-17)12-18-4-5-19-12/h1-5,7,10H,6,8,17H2. The van der Waals surface area contributed by atoms with Crippen molar-refractivity contribution in [1.29, 1.82) is 0 Å². The van der Waals surface area contributed by atoms with Crippen molar-refractivity contribution in [3.05, 3.63) is 52.0 Å². The number of hydrogen-bond donors (Lipinski definition) is 1. The summed E-state index contributed by atoms with van der Waals surface area (Å²) in [6.45, 7) is 0.365. The highest BCUT2D eigenvalue weighted by Gasteiger charge is 2.30. The summed E-state index contributed by atoms with van der Waals surface area (Å²) in [5.41, 5.74) is 5.68. The van der Waals surface area contributed by atoms with Crippen molar-refractivity contribution in [3.63, 3.8) is 0 Å². The van der Waals surface area contributed by atoms with Gasteiger partial charge in [-0.3, -0.25) is 0 Å². The molecular formula is C13H13F3N2S. The van der Waals surface area contributed by atoms with Crippen LogP contribution in [0.25, 0.3) is 0 Å². The molecule has 0 aliphatic rings. The van der Waals surface area contributed by atoms with Gasteiger partial charge in [0.2, 0.25) is 0 Å². The van der Waals surface area contributed by atoms with Crippen LogP contribution < -0.4 is 5.73 Å². The van der Waals surface area contributed by atoms with Gasteiger partial charge in [-0.1, -0.05) is 18.2 Å². The molecule has 0 bridgehead atoms. The Kier molecular flexibility index (Phi) is 4.21. The number of halogens is 3. The Labute approximate surface area is 113 Å². The van der Waals surface area contributed by atoms with Crippen LogP contribution in [-0.4, -0.2) is 11.5 Å². The van der Waals surface area contributed by atoms with Gasteiger partial charge in [0, 0.05) is 24.0 Å². The van der Waals surface area contributed by atoms with Gasteiger partial charge in [0.15, 0.2) is 0 Å². The number of aromatic nitrogens is 1. The third-order valence-electron chi connectivity index (χ3n) is 2.82. The van der Waals surface area contributed by atoms with E-state index in [4.69, 9.17) is 5.73 Å². The Morgan fingerprint density at radius 3 is 2.68 bits per heavy atom. The molecule has 19 heavy (non-hydrogen) atoms. The number of nitrogens with zero attached hydrogens (tertiary/aromatic N) is 1. The van der Waals surface area contributed by atoms with Gasteiger partial charge in [0.1, 0.15) is 0 Å². The number of hydrogen-bond acceptors (Lipinski definition) is 3. The van der Waals surface area contributed by atoms with Gasteiger partial charge in [-0.15, -0.1) is 11.3 Å². The highest BCUT2D eigenvalue weighted by atomic mass is 32.1. The molecule has 6 heteroatoms. The minimum absolute atomic E-state index is 0.0384. The zero-order valence-corrected chi connectivity index (χ0v) is 10.8. The maximum absolute atomic E-state index is 12.6. The monoisotopic (exact) mass is 286 g/mol. The molecule has 0 aliphatic heterocycles. The number of thiazole rings is 1. The van der Waals surface area contributed by atoms with Crippen molar-refractivity contribution in [3.8, 4) is 0 Å². The average molecular weight is 286 g/mol. The highest BCUT2D eigenvalue weighted by molar-refractivity contribution is 7.09. The van der Waals surface area contributed by atoms with E-state index < -0.39 is 11.7 Å². The maximum Gasteiger partial charge on any atom is 0.416 e. The predicted octanol–water partition coefficient (Wildman–Crippen LogP) is 3.45. The molecule has 0 aliphatic carbocycles. The molecule has 2 N–H and O–H groups in total.